The van der Waals surface area contributed by atoms with Crippen molar-refractivity contribution in [1.29, 1.82) is 0 Å². The molecule has 6 nitrogen and oxygen atoms in total. The molecule has 2 amide bonds. The Kier molecular flexibility index (Phi) is 4.98. The minimum Gasteiger partial charge on any atom is -0.350 e. The van der Waals surface area contributed by atoms with Crippen molar-refractivity contribution in [3.63, 3.8) is 0 Å². The van der Waals surface area contributed by atoms with Crippen molar-refractivity contribution in [1.82, 2.24) is 15.3 Å². The summed E-state index contributed by atoms with van der Waals surface area (Å²) in [5.41, 5.74) is 1.76. The number of rotatable bonds is 5. The lowest BCUT2D eigenvalue weighted by atomic mass is 10.3. The first kappa shape index (κ1) is 14.6. The second-order valence-electron chi connectivity index (χ2n) is 4.46. The Hall–Kier alpha value is -2.76. The summed E-state index contributed by atoms with van der Waals surface area (Å²) in [5.74, 6) is -0.464. The van der Waals surface area contributed by atoms with Gasteiger partial charge in [-0.05, 0) is 31.2 Å². The van der Waals surface area contributed by atoms with Gasteiger partial charge in [0, 0.05) is 24.9 Å². The normalized spacial score (nSPS) is 9.95. The maximum absolute atomic E-state index is 11.8. The molecule has 2 heterocycles. The van der Waals surface area contributed by atoms with Crippen LogP contribution in [0.25, 0.3) is 0 Å². The molecule has 2 rings (SSSR count). The van der Waals surface area contributed by atoms with E-state index in [0.717, 1.165) is 5.69 Å². The molecule has 0 aliphatic rings. The zero-order valence-corrected chi connectivity index (χ0v) is 11.7. The van der Waals surface area contributed by atoms with Gasteiger partial charge in [0.2, 0.25) is 5.91 Å². The van der Waals surface area contributed by atoms with Gasteiger partial charge in [0.1, 0.15) is 5.69 Å². The van der Waals surface area contributed by atoms with E-state index >= 15 is 0 Å². The van der Waals surface area contributed by atoms with Gasteiger partial charge in [-0.1, -0.05) is 6.07 Å². The number of nitrogens with one attached hydrogen (secondary N) is 2. The summed E-state index contributed by atoms with van der Waals surface area (Å²) >= 11 is 0. The van der Waals surface area contributed by atoms with Gasteiger partial charge in [-0.3, -0.25) is 14.6 Å². The third kappa shape index (κ3) is 4.68. The number of hydrogen-bond donors (Lipinski definition) is 2. The van der Waals surface area contributed by atoms with Crippen LogP contribution in [-0.2, 0) is 4.79 Å². The summed E-state index contributed by atoms with van der Waals surface area (Å²) in [4.78, 5) is 31.5. The van der Waals surface area contributed by atoms with Crippen molar-refractivity contribution < 1.29 is 9.59 Å². The summed E-state index contributed by atoms with van der Waals surface area (Å²) in [6.45, 7) is 2.07. The fraction of sp³-hybridized carbons (Fsp3) is 0.200. The molecule has 0 radical (unpaired) electrons. The van der Waals surface area contributed by atoms with Crippen LogP contribution in [0.3, 0.4) is 0 Å². The van der Waals surface area contributed by atoms with E-state index in [9.17, 15) is 9.59 Å². The zero-order chi connectivity index (χ0) is 15.1. The predicted molar refractivity (Wildman–Crippen MR) is 78.8 cm³/mol. The highest BCUT2D eigenvalue weighted by molar-refractivity contribution is 5.93. The third-order valence-electron chi connectivity index (χ3n) is 2.70. The molecular weight excluding hydrogens is 268 g/mol. The number of aromatic nitrogens is 2. The lowest BCUT2D eigenvalue weighted by Gasteiger charge is -2.06. The molecule has 0 unspecified atom stereocenters. The van der Waals surface area contributed by atoms with Gasteiger partial charge in [0.15, 0.2) is 0 Å². The minimum absolute atomic E-state index is 0.180. The van der Waals surface area contributed by atoms with Crippen LogP contribution in [0.4, 0.5) is 5.69 Å². The molecule has 0 aromatic carbocycles. The van der Waals surface area contributed by atoms with E-state index in [1.54, 1.807) is 36.7 Å². The number of aryl methyl sites for hydroxylation is 1. The highest BCUT2D eigenvalue weighted by Gasteiger charge is 2.08. The van der Waals surface area contributed by atoms with Gasteiger partial charge in [0.25, 0.3) is 5.91 Å². The Morgan fingerprint density at radius 2 is 2.05 bits per heavy atom. The highest BCUT2D eigenvalue weighted by atomic mass is 16.2. The second-order valence-corrected chi connectivity index (χ2v) is 4.46. The minimum atomic E-state index is -0.284. The Bertz CT molecular complexity index is 629. The van der Waals surface area contributed by atoms with Crippen LogP contribution >= 0.6 is 0 Å². The van der Waals surface area contributed by atoms with E-state index in [0.29, 0.717) is 11.4 Å². The van der Waals surface area contributed by atoms with E-state index in [1.165, 1.54) is 0 Å². The summed E-state index contributed by atoms with van der Waals surface area (Å²) in [7, 11) is 0. The zero-order valence-electron chi connectivity index (χ0n) is 11.7. The first-order valence-corrected chi connectivity index (χ1v) is 6.57. The Morgan fingerprint density at radius 3 is 2.76 bits per heavy atom. The third-order valence-corrected chi connectivity index (χ3v) is 2.70. The summed E-state index contributed by atoms with van der Waals surface area (Å²) in [6.07, 6.45) is 3.38. The van der Waals surface area contributed by atoms with Crippen molar-refractivity contribution in [3.8, 4) is 0 Å². The Morgan fingerprint density at radius 1 is 1.19 bits per heavy atom. The van der Waals surface area contributed by atoms with Crippen LogP contribution in [0.2, 0.25) is 0 Å². The number of anilines is 1. The molecule has 0 aliphatic heterocycles. The smallest absolute Gasteiger partial charge is 0.269 e. The van der Waals surface area contributed by atoms with Crippen molar-refractivity contribution in [3.05, 3.63) is 54.1 Å². The molecule has 0 fully saturated rings. The first-order valence-electron chi connectivity index (χ1n) is 6.57. The number of nitrogens with zero attached hydrogens (tertiary/aromatic N) is 2. The molecule has 0 saturated carbocycles. The topological polar surface area (TPSA) is 84.0 Å². The standard InChI is InChI=1S/C15H16N4O2/c1-11-4-2-6-13(18-11)15(21)17-9-7-14(20)19-12-5-3-8-16-10-12/h2-6,8,10H,7,9H2,1H3,(H,17,21)(H,19,20). The maximum atomic E-state index is 11.8. The molecule has 2 N–H and O–H groups in total. The van der Waals surface area contributed by atoms with Gasteiger partial charge in [-0.2, -0.15) is 0 Å². The largest absolute Gasteiger partial charge is 0.350 e. The number of hydrogen-bond acceptors (Lipinski definition) is 4. The number of carbonyl (C=O) groups is 2. The molecular formula is C15H16N4O2. The van der Waals surface area contributed by atoms with Crippen molar-refractivity contribution in [2.24, 2.45) is 0 Å². The predicted octanol–water partition coefficient (Wildman–Crippen LogP) is 1.54. The lowest BCUT2D eigenvalue weighted by Crippen LogP contribution is -2.28. The van der Waals surface area contributed by atoms with Crippen LogP contribution in [0, 0.1) is 6.92 Å². The Labute approximate surface area is 122 Å². The van der Waals surface area contributed by atoms with E-state index in [2.05, 4.69) is 20.6 Å². The summed E-state index contributed by atoms with van der Waals surface area (Å²) < 4.78 is 0. The van der Waals surface area contributed by atoms with Gasteiger partial charge in [0.05, 0.1) is 11.9 Å². The molecule has 2 aromatic heterocycles. The molecule has 0 atom stereocenters. The monoisotopic (exact) mass is 284 g/mol. The van der Waals surface area contributed by atoms with E-state index < -0.39 is 0 Å². The van der Waals surface area contributed by atoms with E-state index in [-0.39, 0.29) is 24.8 Å². The van der Waals surface area contributed by atoms with Crippen LogP contribution in [-0.4, -0.2) is 28.3 Å². The molecule has 0 saturated heterocycles. The lowest BCUT2D eigenvalue weighted by molar-refractivity contribution is -0.116. The van der Waals surface area contributed by atoms with Crippen molar-refractivity contribution in [2.45, 2.75) is 13.3 Å². The molecule has 6 heteroatoms. The maximum Gasteiger partial charge on any atom is 0.269 e. The summed E-state index contributed by atoms with van der Waals surface area (Å²) in [5, 5.41) is 5.36. The molecule has 0 bridgehead atoms. The van der Waals surface area contributed by atoms with Gasteiger partial charge < -0.3 is 10.6 Å². The van der Waals surface area contributed by atoms with E-state index in [4.69, 9.17) is 0 Å². The van der Waals surface area contributed by atoms with E-state index in [1.807, 2.05) is 13.0 Å². The van der Waals surface area contributed by atoms with Crippen LogP contribution < -0.4 is 10.6 Å². The molecule has 2 aromatic rings. The van der Waals surface area contributed by atoms with Gasteiger partial charge >= 0.3 is 0 Å². The van der Waals surface area contributed by atoms with Crippen LogP contribution in [0.15, 0.2) is 42.7 Å². The van der Waals surface area contributed by atoms with Crippen molar-refractivity contribution in [2.75, 3.05) is 11.9 Å². The highest BCUT2D eigenvalue weighted by Crippen LogP contribution is 2.03. The fourth-order valence-electron chi connectivity index (χ4n) is 1.71. The molecule has 0 spiro atoms. The quantitative estimate of drug-likeness (QED) is 0.872. The first-order chi connectivity index (χ1) is 10.1. The van der Waals surface area contributed by atoms with Gasteiger partial charge in [-0.15, -0.1) is 0 Å². The number of amides is 2. The average molecular weight is 284 g/mol. The SMILES string of the molecule is Cc1cccc(C(=O)NCCC(=O)Nc2cccnc2)n1. The van der Waals surface area contributed by atoms with Crippen molar-refractivity contribution >= 4 is 17.5 Å². The number of pyridine rings is 2. The number of carbonyl (C=O) groups excluding carboxylic acids is 2. The Balaban J connectivity index is 1.76. The molecule has 108 valence electrons. The van der Waals surface area contributed by atoms with Gasteiger partial charge in [-0.25, -0.2) is 4.98 Å². The molecule has 21 heavy (non-hydrogen) atoms. The average Bonchev–Trinajstić information content (AvgIpc) is 2.48. The fourth-order valence-corrected chi connectivity index (χ4v) is 1.71. The molecule has 0 aliphatic carbocycles. The van der Waals surface area contributed by atoms with Crippen LogP contribution in [0.1, 0.15) is 22.6 Å². The van der Waals surface area contributed by atoms with Crippen LogP contribution in [0.5, 0.6) is 0 Å². The second kappa shape index (κ2) is 7.14. The summed E-state index contributed by atoms with van der Waals surface area (Å²) in [6, 6.07) is 8.71.